The molecule has 1 N–H and O–H groups in total. The van der Waals surface area contributed by atoms with Crippen LogP contribution in [0.1, 0.15) is 66.2 Å². The molecule has 1 amide bonds. The van der Waals surface area contributed by atoms with Crippen molar-refractivity contribution in [2.75, 3.05) is 27.1 Å². The molecule has 2 saturated carbocycles. The van der Waals surface area contributed by atoms with E-state index in [1.807, 2.05) is 44.2 Å². The summed E-state index contributed by atoms with van der Waals surface area (Å²) in [6.45, 7) is 5.97. The number of benzene rings is 2. The molecule has 6 rings (SSSR count). The normalized spacial score (nSPS) is 21.9. The highest BCUT2D eigenvalue weighted by Crippen LogP contribution is 2.51. The summed E-state index contributed by atoms with van der Waals surface area (Å²) in [5.74, 6) is 3.63. The Bertz CT molecular complexity index is 1580. The number of aromatic nitrogens is 1. The fourth-order valence-corrected chi connectivity index (χ4v) is 8.14. The van der Waals surface area contributed by atoms with Crippen LogP contribution in [0.3, 0.4) is 0 Å². The molecule has 1 aliphatic heterocycles. The first-order chi connectivity index (χ1) is 20.6. The van der Waals surface area contributed by atoms with E-state index in [1.165, 1.54) is 37.1 Å². The standard InChI is InChI=1S/C27H30BrN3O5S.C6H10/c1-7-27(18-11-19(28)22(35-5)12-21(18)34-4)14-37-26(30-27)29-25(33)20-10-17-9-15(2)8-16(3)24(17)31(20)13-23(32)36-6;1-2-5-4-6(5)3-1/h8-12H,7,13-14H2,1-6H3,(H,29,30,33);5-6H,1-4H2. The molecule has 3 atom stereocenters. The summed E-state index contributed by atoms with van der Waals surface area (Å²) in [6.07, 6.45) is 6.94. The molecule has 0 saturated heterocycles. The van der Waals surface area contributed by atoms with Gasteiger partial charge in [-0.25, -0.2) is 4.99 Å². The van der Waals surface area contributed by atoms with Crippen molar-refractivity contribution in [3.05, 3.63) is 57.2 Å². The third kappa shape index (κ3) is 6.45. The van der Waals surface area contributed by atoms with Crippen molar-refractivity contribution in [2.24, 2.45) is 16.8 Å². The predicted molar refractivity (Wildman–Crippen MR) is 175 cm³/mol. The number of fused-ring (bicyclic) bond motifs is 2. The van der Waals surface area contributed by atoms with Gasteiger partial charge in [0.05, 0.1) is 31.3 Å². The van der Waals surface area contributed by atoms with Gasteiger partial charge in [0.25, 0.3) is 5.91 Å². The third-order valence-corrected chi connectivity index (χ3v) is 10.5. The molecular formula is C33H40BrN3O5S. The van der Waals surface area contributed by atoms with Crippen molar-refractivity contribution >= 4 is 55.6 Å². The van der Waals surface area contributed by atoms with E-state index in [2.05, 4.69) is 28.2 Å². The number of carbonyl (C=O) groups excluding carboxylic acids is 2. The lowest BCUT2D eigenvalue weighted by Gasteiger charge is -2.27. The van der Waals surface area contributed by atoms with Gasteiger partial charge >= 0.3 is 5.97 Å². The Labute approximate surface area is 266 Å². The molecule has 3 aromatic rings. The van der Waals surface area contributed by atoms with Gasteiger partial charge in [-0.3, -0.25) is 14.9 Å². The number of methoxy groups -OCH3 is 3. The molecule has 2 aromatic carbocycles. The summed E-state index contributed by atoms with van der Waals surface area (Å²) in [7, 11) is 4.56. The Hall–Kier alpha value is -2.98. The first-order valence-electron chi connectivity index (χ1n) is 14.8. The molecule has 0 spiro atoms. The van der Waals surface area contributed by atoms with Gasteiger partial charge in [-0.1, -0.05) is 49.6 Å². The van der Waals surface area contributed by atoms with Crippen LogP contribution in [0.2, 0.25) is 0 Å². The molecule has 2 aliphatic carbocycles. The van der Waals surface area contributed by atoms with Gasteiger partial charge < -0.3 is 18.8 Å². The predicted octanol–water partition coefficient (Wildman–Crippen LogP) is 7.16. The minimum absolute atomic E-state index is 0.0672. The average Bonchev–Trinajstić information content (AvgIpc) is 3.30. The Morgan fingerprint density at radius 1 is 1.07 bits per heavy atom. The highest BCUT2D eigenvalue weighted by atomic mass is 79.9. The van der Waals surface area contributed by atoms with Gasteiger partial charge in [0.1, 0.15) is 29.3 Å². The molecule has 2 heterocycles. The van der Waals surface area contributed by atoms with Crippen LogP contribution >= 0.6 is 27.7 Å². The summed E-state index contributed by atoms with van der Waals surface area (Å²) in [6, 6.07) is 9.65. The van der Waals surface area contributed by atoms with E-state index in [4.69, 9.17) is 19.2 Å². The molecule has 230 valence electrons. The zero-order valence-electron chi connectivity index (χ0n) is 25.7. The number of carbonyl (C=O) groups is 2. The van der Waals surface area contributed by atoms with Crippen molar-refractivity contribution in [1.29, 1.82) is 0 Å². The van der Waals surface area contributed by atoms with Gasteiger partial charge in [-0.05, 0) is 78.2 Å². The number of rotatable bonds is 7. The van der Waals surface area contributed by atoms with Gasteiger partial charge in [-0.15, -0.1) is 0 Å². The van der Waals surface area contributed by atoms with Crippen LogP contribution in [-0.2, 0) is 21.6 Å². The van der Waals surface area contributed by atoms with E-state index < -0.39 is 11.5 Å². The first-order valence-corrected chi connectivity index (χ1v) is 16.5. The lowest BCUT2D eigenvalue weighted by molar-refractivity contribution is -0.141. The second-order valence-corrected chi connectivity index (χ2v) is 13.4. The molecule has 3 aliphatic rings. The molecule has 0 bridgehead atoms. The highest BCUT2D eigenvalue weighted by molar-refractivity contribution is 9.10. The maximum Gasteiger partial charge on any atom is 0.325 e. The zero-order valence-corrected chi connectivity index (χ0v) is 28.1. The quantitative estimate of drug-likeness (QED) is 0.269. The molecule has 43 heavy (non-hydrogen) atoms. The van der Waals surface area contributed by atoms with Crippen LogP contribution in [0, 0.1) is 25.7 Å². The number of aliphatic imine (C=N–C) groups is 1. The van der Waals surface area contributed by atoms with Gasteiger partial charge in [-0.2, -0.15) is 0 Å². The molecular weight excluding hydrogens is 630 g/mol. The number of amidine groups is 1. The smallest absolute Gasteiger partial charge is 0.325 e. The SMILES string of the molecule is C1CC2CC2C1.CCC1(c2cc(Br)c(OC)cc2OC)CSC(NC(=O)c2cc3cc(C)cc(C)c3n2CC(=O)OC)=N1. The number of esters is 1. The number of nitrogens with one attached hydrogen (secondary N) is 1. The number of aryl methyl sites for hydroxylation is 2. The largest absolute Gasteiger partial charge is 0.496 e. The number of ether oxygens (including phenoxy) is 3. The van der Waals surface area contributed by atoms with Gasteiger partial charge in [0.2, 0.25) is 0 Å². The topological polar surface area (TPSA) is 91.2 Å². The zero-order chi connectivity index (χ0) is 30.9. The van der Waals surface area contributed by atoms with Gasteiger partial charge in [0.15, 0.2) is 5.17 Å². The maximum atomic E-state index is 13.5. The molecule has 3 unspecified atom stereocenters. The summed E-state index contributed by atoms with van der Waals surface area (Å²) in [5, 5.41) is 4.39. The second-order valence-electron chi connectivity index (χ2n) is 11.6. The fourth-order valence-electron chi connectivity index (χ4n) is 6.43. The van der Waals surface area contributed by atoms with Crippen LogP contribution < -0.4 is 14.8 Å². The Balaban J connectivity index is 0.000000537. The minimum Gasteiger partial charge on any atom is -0.496 e. The number of thioether (sulfide) groups is 1. The van der Waals surface area contributed by atoms with Crippen molar-refractivity contribution in [2.45, 2.75) is 65.0 Å². The molecule has 10 heteroatoms. The van der Waals surface area contributed by atoms with Crippen LogP contribution in [0.15, 0.2) is 39.8 Å². The van der Waals surface area contributed by atoms with Crippen LogP contribution in [-0.4, -0.2) is 48.7 Å². The lowest BCUT2D eigenvalue weighted by atomic mass is 9.89. The molecule has 1 aromatic heterocycles. The van der Waals surface area contributed by atoms with E-state index in [9.17, 15) is 9.59 Å². The average molecular weight is 671 g/mol. The summed E-state index contributed by atoms with van der Waals surface area (Å²) < 4.78 is 18.5. The Kier molecular flexibility index (Phi) is 9.46. The van der Waals surface area contributed by atoms with E-state index in [0.29, 0.717) is 34.5 Å². The minimum atomic E-state index is -0.583. The van der Waals surface area contributed by atoms with E-state index in [1.54, 1.807) is 38.0 Å². The lowest BCUT2D eigenvalue weighted by Crippen LogP contribution is -2.30. The first kappa shape index (κ1) is 31.4. The van der Waals surface area contributed by atoms with Crippen molar-refractivity contribution < 1.29 is 23.8 Å². The molecule has 2 fully saturated rings. The van der Waals surface area contributed by atoms with Crippen molar-refractivity contribution in [3.8, 4) is 11.5 Å². The van der Waals surface area contributed by atoms with E-state index >= 15 is 0 Å². The molecule has 0 radical (unpaired) electrons. The number of hydrogen-bond acceptors (Lipinski definition) is 7. The van der Waals surface area contributed by atoms with Crippen LogP contribution in [0.4, 0.5) is 0 Å². The third-order valence-electron chi connectivity index (χ3n) is 8.84. The Morgan fingerprint density at radius 3 is 2.37 bits per heavy atom. The van der Waals surface area contributed by atoms with Crippen LogP contribution in [0.5, 0.6) is 11.5 Å². The monoisotopic (exact) mass is 669 g/mol. The number of amides is 1. The van der Waals surface area contributed by atoms with Crippen molar-refractivity contribution in [1.82, 2.24) is 9.88 Å². The Morgan fingerprint density at radius 2 is 1.79 bits per heavy atom. The summed E-state index contributed by atoms with van der Waals surface area (Å²) in [5.41, 5.74) is 3.59. The van der Waals surface area contributed by atoms with Crippen molar-refractivity contribution in [3.63, 3.8) is 0 Å². The second kappa shape index (κ2) is 12.9. The highest BCUT2D eigenvalue weighted by Gasteiger charge is 2.41. The summed E-state index contributed by atoms with van der Waals surface area (Å²) >= 11 is 5.05. The van der Waals surface area contributed by atoms with E-state index in [0.717, 1.165) is 32.1 Å². The number of hydrogen-bond donors (Lipinski definition) is 1. The summed E-state index contributed by atoms with van der Waals surface area (Å²) in [4.78, 5) is 30.7. The maximum absolute atomic E-state index is 13.5. The molecule has 8 nitrogen and oxygen atoms in total. The van der Waals surface area contributed by atoms with Gasteiger partial charge in [0, 0.05) is 22.8 Å². The van der Waals surface area contributed by atoms with E-state index in [-0.39, 0.29) is 12.5 Å². The van der Waals surface area contributed by atoms with Crippen LogP contribution in [0.25, 0.3) is 10.9 Å². The fraction of sp³-hybridized carbons (Fsp3) is 0.485. The number of nitrogens with zero attached hydrogens (tertiary/aromatic N) is 2. The number of halogens is 1.